The van der Waals surface area contributed by atoms with Gasteiger partial charge in [-0.2, -0.15) is 0 Å². The van der Waals surface area contributed by atoms with Gasteiger partial charge in [0.15, 0.2) is 0 Å². The lowest BCUT2D eigenvalue weighted by molar-refractivity contribution is -0.130. The maximum absolute atomic E-state index is 12.5. The number of likely N-dealkylation sites (tertiary alicyclic amines) is 2. The van der Waals surface area contributed by atoms with Crippen molar-refractivity contribution in [1.82, 2.24) is 14.8 Å². The number of halogens is 1. The van der Waals surface area contributed by atoms with Crippen molar-refractivity contribution in [2.24, 2.45) is 5.92 Å². The third kappa shape index (κ3) is 3.46. The summed E-state index contributed by atoms with van der Waals surface area (Å²) < 4.78 is 0. The highest BCUT2D eigenvalue weighted by atomic mass is 35.5. The van der Waals surface area contributed by atoms with Crippen molar-refractivity contribution in [1.29, 1.82) is 0 Å². The molecule has 25 heavy (non-hydrogen) atoms. The molecule has 0 unspecified atom stereocenters. The predicted molar refractivity (Wildman–Crippen MR) is 101 cm³/mol. The van der Waals surface area contributed by atoms with E-state index in [1.165, 1.54) is 13.0 Å². The van der Waals surface area contributed by atoms with Gasteiger partial charge in [-0.25, -0.2) is 0 Å². The molecule has 2 fully saturated rings. The molecular weight excluding hydrogens is 334 g/mol. The standard InChI is InChI=1S/C20H24ClN3O/c1-23-11-10-15-12-24(13-19(15)23)20(25)9-7-17-6-8-18(22-17)14-2-4-16(21)5-3-14/h2-6,8,15,19,22H,7,9-13H2,1H3/t15-,19+/m1/s1. The Balaban J connectivity index is 1.33. The van der Waals surface area contributed by atoms with Crippen molar-refractivity contribution in [3.05, 3.63) is 47.1 Å². The smallest absolute Gasteiger partial charge is 0.223 e. The summed E-state index contributed by atoms with van der Waals surface area (Å²) >= 11 is 5.94. The topological polar surface area (TPSA) is 39.3 Å². The van der Waals surface area contributed by atoms with Gasteiger partial charge in [0.25, 0.3) is 0 Å². The molecule has 0 saturated carbocycles. The van der Waals surface area contributed by atoms with E-state index in [9.17, 15) is 4.79 Å². The highest BCUT2D eigenvalue weighted by Crippen LogP contribution is 2.30. The van der Waals surface area contributed by atoms with Crippen LogP contribution in [0.1, 0.15) is 18.5 Å². The summed E-state index contributed by atoms with van der Waals surface area (Å²) in [7, 11) is 2.18. The van der Waals surface area contributed by atoms with Crippen molar-refractivity contribution in [3.63, 3.8) is 0 Å². The molecule has 3 heterocycles. The number of aromatic amines is 1. The maximum atomic E-state index is 12.5. The molecule has 2 atom stereocenters. The molecule has 4 nitrogen and oxygen atoms in total. The lowest BCUT2D eigenvalue weighted by Crippen LogP contribution is -2.35. The monoisotopic (exact) mass is 357 g/mol. The van der Waals surface area contributed by atoms with E-state index in [2.05, 4.69) is 34.0 Å². The zero-order valence-electron chi connectivity index (χ0n) is 14.5. The fourth-order valence-corrected chi connectivity index (χ4v) is 4.29. The van der Waals surface area contributed by atoms with Gasteiger partial charge in [0.1, 0.15) is 0 Å². The first-order valence-electron chi connectivity index (χ1n) is 9.02. The van der Waals surface area contributed by atoms with Crippen LogP contribution in [0.5, 0.6) is 0 Å². The van der Waals surface area contributed by atoms with Gasteiger partial charge in [0.2, 0.25) is 5.91 Å². The highest BCUT2D eigenvalue weighted by molar-refractivity contribution is 6.30. The van der Waals surface area contributed by atoms with Gasteiger partial charge < -0.3 is 14.8 Å². The molecule has 2 saturated heterocycles. The van der Waals surface area contributed by atoms with Crippen LogP contribution in [-0.4, -0.2) is 53.4 Å². The Bertz CT molecular complexity index is 755. The van der Waals surface area contributed by atoms with Crippen LogP contribution in [0, 0.1) is 5.92 Å². The van der Waals surface area contributed by atoms with Gasteiger partial charge >= 0.3 is 0 Å². The minimum atomic E-state index is 0.283. The van der Waals surface area contributed by atoms with E-state index in [1.807, 2.05) is 24.3 Å². The normalized spacial score (nSPS) is 23.2. The molecule has 4 rings (SSSR count). The molecule has 5 heteroatoms. The lowest BCUT2D eigenvalue weighted by atomic mass is 10.1. The third-order valence-corrected chi connectivity index (χ3v) is 5.94. The first kappa shape index (κ1) is 16.7. The Morgan fingerprint density at radius 3 is 2.76 bits per heavy atom. The molecule has 2 aliphatic rings. The zero-order valence-corrected chi connectivity index (χ0v) is 15.3. The number of H-pyrrole nitrogens is 1. The van der Waals surface area contributed by atoms with Gasteiger partial charge in [0, 0.05) is 42.0 Å². The van der Waals surface area contributed by atoms with Crippen molar-refractivity contribution >= 4 is 17.5 Å². The summed E-state index contributed by atoms with van der Waals surface area (Å²) in [6, 6.07) is 12.5. The molecule has 132 valence electrons. The van der Waals surface area contributed by atoms with Crippen molar-refractivity contribution in [3.8, 4) is 11.3 Å². The van der Waals surface area contributed by atoms with Crippen LogP contribution in [0.3, 0.4) is 0 Å². The van der Waals surface area contributed by atoms with E-state index in [-0.39, 0.29) is 5.91 Å². The Hall–Kier alpha value is -1.78. The molecule has 0 aliphatic carbocycles. The summed E-state index contributed by atoms with van der Waals surface area (Å²) in [6.45, 7) is 3.02. The van der Waals surface area contributed by atoms with E-state index < -0.39 is 0 Å². The summed E-state index contributed by atoms with van der Waals surface area (Å²) in [6.07, 6.45) is 2.56. The molecular formula is C20H24ClN3O. The quantitative estimate of drug-likeness (QED) is 0.910. The summed E-state index contributed by atoms with van der Waals surface area (Å²) in [5.74, 6) is 0.960. The number of carbonyl (C=O) groups is 1. The number of aromatic nitrogens is 1. The molecule has 0 spiro atoms. The molecule has 2 aliphatic heterocycles. The highest BCUT2D eigenvalue weighted by Gasteiger charge is 2.40. The van der Waals surface area contributed by atoms with E-state index >= 15 is 0 Å². The summed E-state index contributed by atoms with van der Waals surface area (Å²) in [4.78, 5) is 20.4. The van der Waals surface area contributed by atoms with E-state index in [0.29, 0.717) is 18.4 Å². The number of hydrogen-bond donors (Lipinski definition) is 1. The van der Waals surface area contributed by atoms with Crippen molar-refractivity contribution in [2.75, 3.05) is 26.7 Å². The number of nitrogens with zero attached hydrogens (tertiary/aromatic N) is 2. The van der Waals surface area contributed by atoms with Crippen LogP contribution in [0.25, 0.3) is 11.3 Å². The third-order valence-electron chi connectivity index (χ3n) is 5.69. The number of rotatable bonds is 4. The molecule has 1 amide bonds. The summed E-state index contributed by atoms with van der Waals surface area (Å²) in [5.41, 5.74) is 3.28. The second kappa shape index (κ2) is 6.85. The SMILES string of the molecule is CN1CC[C@@H]2CN(C(=O)CCc3ccc(-c4ccc(Cl)cc4)[nH]3)C[C@@H]21. The average Bonchev–Trinajstić information content (AvgIpc) is 3.31. The number of benzene rings is 1. The molecule has 0 radical (unpaired) electrons. The van der Waals surface area contributed by atoms with Gasteiger partial charge in [0.05, 0.1) is 0 Å². The first-order valence-corrected chi connectivity index (χ1v) is 9.40. The number of fused-ring (bicyclic) bond motifs is 1. The van der Waals surface area contributed by atoms with Gasteiger partial charge in [-0.3, -0.25) is 4.79 Å². The van der Waals surface area contributed by atoms with Crippen LogP contribution in [0.4, 0.5) is 0 Å². The average molecular weight is 358 g/mol. The first-order chi connectivity index (χ1) is 12.1. The van der Waals surface area contributed by atoms with Crippen LogP contribution in [-0.2, 0) is 11.2 Å². The Kier molecular flexibility index (Phi) is 4.57. The van der Waals surface area contributed by atoms with Crippen LogP contribution >= 0.6 is 11.6 Å². The van der Waals surface area contributed by atoms with E-state index in [1.54, 1.807) is 0 Å². The van der Waals surface area contributed by atoms with E-state index in [4.69, 9.17) is 11.6 Å². The number of aryl methyl sites for hydroxylation is 1. The largest absolute Gasteiger partial charge is 0.358 e. The van der Waals surface area contributed by atoms with Gasteiger partial charge in [-0.05, 0) is 62.2 Å². The van der Waals surface area contributed by atoms with Crippen LogP contribution in [0.2, 0.25) is 5.02 Å². The lowest BCUT2D eigenvalue weighted by Gasteiger charge is -2.20. The number of nitrogens with one attached hydrogen (secondary N) is 1. The van der Waals surface area contributed by atoms with Gasteiger partial charge in [-0.1, -0.05) is 23.7 Å². The second-order valence-corrected chi connectivity index (χ2v) is 7.74. The molecule has 2 aromatic rings. The Morgan fingerprint density at radius 2 is 2.00 bits per heavy atom. The predicted octanol–water partition coefficient (Wildman–Crippen LogP) is 3.43. The summed E-state index contributed by atoms with van der Waals surface area (Å²) in [5, 5.41) is 0.738. The number of amides is 1. The number of hydrogen-bond acceptors (Lipinski definition) is 2. The zero-order chi connectivity index (χ0) is 17.4. The van der Waals surface area contributed by atoms with Crippen LogP contribution < -0.4 is 0 Å². The Morgan fingerprint density at radius 1 is 1.20 bits per heavy atom. The molecule has 1 aromatic heterocycles. The Labute approximate surface area is 153 Å². The number of likely N-dealkylation sites (N-methyl/N-ethyl adjacent to an activating group) is 1. The second-order valence-electron chi connectivity index (χ2n) is 7.30. The molecule has 1 aromatic carbocycles. The molecule has 0 bridgehead atoms. The van der Waals surface area contributed by atoms with E-state index in [0.717, 1.165) is 41.5 Å². The fraction of sp³-hybridized carbons (Fsp3) is 0.450. The van der Waals surface area contributed by atoms with Crippen molar-refractivity contribution < 1.29 is 4.79 Å². The minimum absolute atomic E-state index is 0.283. The molecule has 1 N–H and O–H groups in total. The number of carbonyl (C=O) groups excluding carboxylic acids is 1. The van der Waals surface area contributed by atoms with Crippen molar-refractivity contribution in [2.45, 2.75) is 25.3 Å². The van der Waals surface area contributed by atoms with Crippen LogP contribution in [0.15, 0.2) is 36.4 Å². The fourth-order valence-electron chi connectivity index (χ4n) is 4.16. The van der Waals surface area contributed by atoms with Gasteiger partial charge in [-0.15, -0.1) is 0 Å². The minimum Gasteiger partial charge on any atom is -0.358 e. The maximum Gasteiger partial charge on any atom is 0.223 e.